The summed E-state index contributed by atoms with van der Waals surface area (Å²) in [5.74, 6) is -4.40. The maximum absolute atomic E-state index is 13.4. The van der Waals surface area contributed by atoms with E-state index in [1.807, 2.05) is 0 Å². The van der Waals surface area contributed by atoms with Crippen LogP contribution >= 0.6 is 0 Å². The van der Waals surface area contributed by atoms with Crippen LogP contribution in [0.25, 0.3) is 0 Å². The molecule has 0 bridgehead atoms. The molecule has 250 valence electrons. The number of hydrogen-bond acceptors (Lipinski definition) is 12. The number of amides is 1. The fourth-order valence-corrected chi connectivity index (χ4v) is 4.28. The number of carbonyl (C=O) groups is 5. The van der Waals surface area contributed by atoms with E-state index in [1.54, 1.807) is 23.6 Å². The van der Waals surface area contributed by atoms with E-state index < -0.39 is 47.3 Å². The fraction of sp³-hybridized carbons (Fsp3) is 0.519. The van der Waals surface area contributed by atoms with Crippen molar-refractivity contribution in [2.24, 2.45) is 0 Å². The summed E-state index contributed by atoms with van der Waals surface area (Å²) in [6, 6.07) is 4.51. The minimum Gasteiger partial charge on any atom is -0.480 e. The number of carboxylic acids is 3. The van der Waals surface area contributed by atoms with Crippen LogP contribution in [0.4, 0.5) is 5.69 Å². The number of carboxylic acid groups (broad SMARTS) is 3. The van der Waals surface area contributed by atoms with Crippen molar-refractivity contribution < 1.29 is 88.9 Å². The molecule has 1 aromatic rings. The van der Waals surface area contributed by atoms with Crippen LogP contribution in [0, 0.1) is 50.1 Å². The zero-order chi connectivity index (χ0) is 32.8. The molecule has 0 saturated carbocycles. The van der Waals surface area contributed by atoms with Crippen LogP contribution < -0.4 is 4.74 Å². The van der Waals surface area contributed by atoms with E-state index in [0.717, 1.165) is 0 Å². The maximum atomic E-state index is 13.4. The van der Waals surface area contributed by atoms with Crippen LogP contribution in [0.5, 0.6) is 5.75 Å². The number of aliphatic carboxylic acids is 3. The summed E-state index contributed by atoms with van der Waals surface area (Å²) in [4.78, 5) is 78.1. The zero-order valence-corrected chi connectivity index (χ0v) is 27.2. The number of nitro benzene ring substituents is 1. The summed E-state index contributed by atoms with van der Waals surface area (Å²) in [5, 5.41) is 38.8. The molecule has 0 saturated heterocycles. The predicted octanol–water partition coefficient (Wildman–Crippen LogP) is -0.316. The molecule has 1 aromatic carbocycles. The number of carbonyl (C=O) groups excluding carboxylic acids is 2. The van der Waals surface area contributed by atoms with Gasteiger partial charge in [0, 0.05) is 110 Å². The standard InChI is InChI=1S/C27H38N6O11.Gd/c1-20(2)32(19-27(41)44-22-5-3-21(4-6-22)33(42)43)23(34)15-28-7-9-29(16-24(35)36)11-13-31(18-26(39)40)14-12-30(10-8-28)17-25(37)38;/h3-6,11,13,20H,7-10,12,14-19H2,1-2H3,(H,35,36)(H,37,38)(H,39,40);/b13-11-;. The van der Waals surface area contributed by atoms with E-state index in [1.165, 1.54) is 51.4 Å². The van der Waals surface area contributed by atoms with E-state index in [-0.39, 0.29) is 117 Å². The summed E-state index contributed by atoms with van der Waals surface area (Å²) in [6.45, 7) is 2.94. The first-order chi connectivity index (χ1) is 20.7. The quantitative estimate of drug-likeness (QED) is 0.101. The number of ether oxygens (including phenoxy) is 1. The molecule has 0 radical (unpaired) electrons. The Bertz CT molecular complexity index is 1210. The topological polar surface area (TPSA) is 215 Å². The molecular formula is C27H38GdN6O11. The molecule has 3 N–H and O–H groups in total. The second-order valence-corrected chi connectivity index (χ2v) is 10.3. The van der Waals surface area contributed by atoms with Gasteiger partial charge in [-0.15, -0.1) is 0 Å². The average Bonchev–Trinajstić information content (AvgIpc) is 2.92. The van der Waals surface area contributed by atoms with Gasteiger partial charge in [-0.25, -0.2) is 4.79 Å². The van der Waals surface area contributed by atoms with E-state index >= 15 is 0 Å². The Morgan fingerprint density at radius 2 is 1.24 bits per heavy atom. The first-order valence-electron chi connectivity index (χ1n) is 13.7. The molecule has 1 aliphatic heterocycles. The van der Waals surface area contributed by atoms with Gasteiger partial charge >= 0.3 is 23.9 Å². The molecule has 0 aromatic heterocycles. The Balaban J connectivity index is 0.0000101. The van der Waals surface area contributed by atoms with Gasteiger partial charge in [-0.1, -0.05) is 0 Å². The van der Waals surface area contributed by atoms with Crippen molar-refractivity contribution in [2.45, 2.75) is 19.9 Å². The van der Waals surface area contributed by atoms with Gasteiger partial charge in [0.1, 0.15) is 25.4 Å². The van der Waals surface area contributed by atoms with Crippen molar-refractivity contribution in [3.8, 4) is 5.75 Å². The van der Waals surface area contributed by atoms with Crippen LogP contribution in [0.2, 0.25) is 0 Å². The number of hydrogen-bond donors (Lipinski definition) is 3. The Morgan fingerprint density at radius 1 is 0.800 bits per heavy atom. The van der Waals surface area contributed by atoms with Crippen molar-refractivity contribution in [3.63, 3.8) is 0 Å². The minimum absolute atomic E-state index is 0. The monoisotopic (exact) mass is 780 g/mol. The minimum atomic E-state index is -1.11. The van der Waals surface area contributed by atoms with Crippen LogP contribution in [-0.2, 0) is 24.0 Å². The molecule has 2 rings (SSSR count). The van der Waals surface area contributed by atoms with Gasteiger partial charge in [0.05, 0.1) is 18.0 Å². The Morgan fingerprint density at radius 3 is 1.67 bits per heavy atom. The second kappa shape index (κ2) is 19.8. The molecular weight excluding hydrogens is 742 g/mol. The molecule has 1 amide bonds. The van der Waals surface area contributed by atoms with Gasteiger partial charge < -0.3 is 34.8 Å². The number of esters is 1. The van der Waals surface area contributed by atoms with Crippen molar-refractivity contribution in [2.75, 3.05) is 72.0 Å². The molecule has 1 heterocycles. The fourth-order valence-electron chi connectivity index (χ4n) is 4.28. The molecule has 0 fully saturated rings. The molecule has 0 spiro atoms. The second-order valence-electron chi connectivity index (χ2n) is 10.3. The van der Waals surface area contributed by atoms with E-state index in [9.17, 15) is 49.4 Å². The molecule has 0 unspecified atom stereocenters. The summed E-state index contributed by atoms with van der Waals surface area (Å²) in [6.07, 6.45) is 2.90. The number of nitro groups is 1. The van der Waals surface area contributed by atoms with Crippen molar-refractivity contribution in [3.05, 3.63) is 46.8 Å². The SMILES string of the molecule is CC(C)N(CC(=O)Oc1ccc([N+](=O)[O-])cc1)C(=O)CN1CCN(CC(=O)O)/C=C\N(CC(=O)O)CCN(CC(=O)O)CC1.[Gd]. The third kappa shape index (κ3) is 15.4. The maximum Gasteiger partial charge on any atom is 0.331 e. The molecule has 0 aliphatic carbocycles. The number of non-ortho nitro benzene ring substituents is 1. The van der Waals surface area contributed by atoms with Gasteiger partial charge in [0.2, 0.25) is 5.91 Å². The first-order valence-corrected chi connectivity index (χ1v) is 13.7. The van der Waals surface area contributed by atoms with Gasteiger partial charge in [-0.05, 0) is 26.0 Å². The van der Waals surface area contributed by atoms with E-state index in [4.69, 9.17) is 4.74 Å². The summed E-state index contributed by atoms with van der Waals surface area (Å²) in [5.41, 5.74) is -0.174. The molecule has 0 atom stereocenters. The third-order valence-corrected chi connectivity index (χ3v) is 6.54. The van der Waals surface area contributed by atoms with E-state index in [2.05, 4.69) is 0 Å². The number of benzene rings is 1. The van der Waals surface area contributed by atoms with Gasteiger partial charge in [0.25, 0.3) is 5.69 Å². The zero-order valence-electron chi connectivity index (χ0n) is 25.0. The number of nitrogens with zero attached hydrogens (tertiary/aromatic N) is 6. The normalized spacial score (nSPS) is 15.6. The van der Waals surface area contributed by atoms with Crippen LogP contribution in [0.3, 0.4) is 0 Å². The molecule has 45 heavy (non-hydrogen) atoms. The molecule has 18 heteroatoms. The molecule has 1 aliphatic rings. The van der Waals surface area contributed by atoms with Crippen LogP contribution in [0.1, 0.15) is 13.8 Å². The summed E-state index contributed by atoms with van der Waals surface area (Å²) < 4.78 is 5.26. The van der Waals surface area contributed by atoms with Crippen LogP contribution in [0.15, 0.2) is 36.7 Å². The Hall–Kier alpha value is -3.45. The summed E-state index contributed by atoms with van der Waals surface area (Å²) in [7, 11) is 0. The Labute approximate surface area is 291 Å². The first kappa shape index (κ1) is 39.6. The van der Waals surface area contributed by atoms with Gasteiger partial charge in [-0.3, -0.25) is 39.1 Å². The van der Waals surface area contributed by atoms with Crippen molar-refractivity contribution in [1.29, 1.82) is 0 Å². The third-order valence-electron chi connectivity index (χ3n) is 6.54. The number of rotatable bonds is 13. The van der Waals surface area contributed by atoms with Crippen LogP contribution in [-0.4, -0.2) is 153 Å². The molecule has 17 nitrogen and oxygen atoms in total. The predicted molar refractivity (Wildman–Crippen MR) is 154 cm³/mol. The van der Waals surface area contributed by atoms with Crippen molar-refractivity contribution >= 4 is 35.5 Å². The van der Waals surface area contributed by atoms with Crippen molar-refractivity contribution in [1.82, 2.24) is 24.5 Å². The largest absolute Gasteiger partial charge is 0.480 e. The van der Waals surface area contributed by atoms with Gasteiger partial charge in [0.15, 0.2) is 0 Å². The van der Waals surface area contributed by atoms with E-state index in [0.29, 0.717) is 0 Å². The van der Waals surface area contributed by atoms with Gasteiger partial charge in [-0.2, -0.15) is 0 Å². The Kier molecular flexibility index (Phi) is 17.4. The smallest absolute Gasteiger partial charge is 0.331 e. The summed E-state index contributed by atoms with van der Waals surface area (Å²) >= 11 is 0. The average molecular weight is 780 g/mol.